The van der Waals surface area contributed by atoms with E-state index in [1.807, 2.05) is 4.90 Å². The number of piperidine rings is 2. The van der Waals surface area contributed by atoms with Crippen LogP contribution in [-0.4, -0.2) is 59.3 Å². The van der Waals surface area contributed by atoms with Crippen molar-refractivity contribution in [2.24, 2.45) is 5.92 Å². The van der Waals surface area contributed by atoms with Crippen molar-refractivity contribution in [3.63, 3.8) is 0 Å². The SMILES string of the molecule is Cc1cc([N+](=O)[O-])ccc1NC(=O)CN1CCC(C(=O)N2CCCCC2)CC1. The lowest BCUT2D eigenvalue weighted by Gasteiger charge is -2.35. The van der Waals surface area contributed by atoms with Gasteiger partial charge in [0.2, 0.25) is 11.8 Å². The third-order valence-electron chi connectivity index (χ3n) is 5.67. The molecular weight excluding hydrogens is 360 g/mol. The summed E-state index contributed by atoms with van der Waals surface area (Å²) in [5.41, 5.74) is 1.26. The lowest BCUT2D eigenvalue weighted by atomic mass is 9.94. The van der Waals surface area contributed by atoms with E-state index in [1.54, 1.807) is 13.0 Å². The molecule has 8 heteroatoms. The molecule has 0 aromatic heterocycles. The first-order chi connectivity index (χ1) is 13.4. The van der Waals surface area contributed by atoms with Gasteiger partial charge in [0.25, 0.3) is 5.69 Å². The Morgan fingerprint density at radius 2 is 1.82 bits per heavy atom. The van der Waals surface area contributed by atoms with Gasteiger partial charge in [0, 0.05) is 36.8 Å². The molecule has 2 heterocycles. The number of carbonyl (C=O) groups is 2. The van der Waals surface area contributed by atoms with Crippen molar-refractivity contribution < 1.29 is 14.5 Å². The number of nitrogens with zero attached hydrogens (tertiary/aromatic N) is 3. The first-order valence-electron chi connectivity index (χ1n) is 10.00. The highest BCUT2D eigenvalue weighted by Gasteiger charge is 2.29. The largest absolute Gasteiger partial charge is 0.342 e. The fourth-order valence-corrected chi connectivity index (χ4v) is 4.01. The average molecular weight is 388 g/mol. The third-order valence-corrected chi connectivity index (χ3v) is 5.67. The molecule has 8 nitrogen and oxygen atoms in total. The van der Waals surface area contributed by atoms with Crippen molar-refractivity contribution in [1.29, 1.82) is 0 Å². The molecule has 2 saturated heterocycles. The quantitative estimate of drug-likeness (QED) is 0.618. The van der Waals surface area contributed by atoms with Crippen molar-refractivity contribution in [2.45, 2.75) is 39.0 Å². The predicted octanol–water partition coefficient (Wildman–Crippen LogP) is 2.57. The van der Waals surface area contributed by atoms with Gasteiger partial charge in [-0.15, -0.1) is 0 Å². The molecule has 3 rings (SSSR count). The zero-order valence-electron chi connectivity index (χ0n) is 16.4. The van der Waals surface area contributed by atoms with Gasteiger partial charge in [0.15, 0.2) is 0 Å². The predicted molar refractivity (Wildman–Crippen MR) is 106 cm³/mol. The van der Waals surface area contributed by atoms with E-state index >= 15 is 0 Å². The third kappa shape index (κ3) is 5.07. The maximum atomic E-state index is 12.6. The normalized spacial score (nSPS) is 18.7. The van der Waals surface area contributed by atoms with Crippen LogP contribution in [0.4, 0.5) is 11.4 Å². The Labute approximate surface area is 165 Å². The number of carbonyl (C=O) groups excluding carboxylic acids is 2. The molecule has 1 aromatic carbocycles. The lowest BCUT2D eigenvalue weighted by molar-refractivity contribution is -0.384. The number of nitro groups is 1. The van der Waals surface area contributed by atoms with Gasteiger partial charge in [-0.25, -0.2) is 0 Å². The van der Waals surface area contributed by atoms with Crippen LogP contribution in [-0.2, 0) is 9.59 Å². The minimum absolute atomic E-state index is 0.0101. The number of aryl methyl sites for hydroxylation is 1. The smallest absolute Gasteiger partial charge is 0.269 e. The van der Waals surface area contributed by atoms with Crippen LogP contribution < -0.4 is 5.32 Å². The number of anilines is 1. The molecule has 2 fully saturated rings. The standard InChI is InChI=1S/C20H28N4O4/c1-15-13-17(24(27)28)5-6-18(15)21-19(25)14-22-11-7-16(8-12-22)20(26)23-9-3-2-4-10-23/h5-6,13,16H,2-4,7-12,14H2,1H3,(H,21,25). The topological polar surface area (TPSA) is 95.8 Å². The van der Waals surface area contributed by atoms with Gasteiger partial charge in [0.1, 0.15) is 0 Å². The summed E-state index contributed by atoms with van der Waals surface area (Å²) in [6, 6.07) is 4.41. The van der Waals surface area contributed by atoms with E-state index in [9.17, 15) is 19.7 Å². The summed E-state index contributed by atoms with van der Waals surface area (Å²) in [5, 5.41) is 13.6. The summed E-state index contributed by atoms with van der Waals surface area (Å²) in [4.78, 5) is 39.4. The summed E-state index contributed by atoms with van der Waals surface area (Å²) >= 11 is 0. The van der Waals surface area contributed by atoms with Gasteiger partial charge >= 0.3 is 0 Å². The summed E-state index contributed by atoms with van der Waals surface area (Å²) in [7, 11) is 0. The number of likely N-dealkylation sites (tertiary alicyclic amines) is 2. The second-order valence-electron chi connectivity index (χ2n) is 7.74. The number of non-ortho nitro benzene ring substituents is 1. The molecule has 2 aliphatic heterocycles. The van der Waals surface area contributed by atoms with Crippen molar-refractivity contribution in [3.8, 4) is 0 Å². The van der Waals surface area contributed by atoms with Crippen LogP contribution in [0.2, 0.25) is 0 Å². The van der Waals surface area contributed by atoms with E-state index < -0.39 is 4.92 Å². The molecule has 0 atom stereocenters. The fraction of sp³-hybridized carbons (Fsp3) is 0.600. The minimum Gasteiger partial charge on any atom is -0.342 e. The number of nitro benzene ring substituents is 1. The van der Waals surface area contributed by atoms with Crippen molar-refractivity contribution >= 4 is 23.2 Å². The van der Waals surface area contributed by atoms with Crippen LogP contribution in [0.15, 0.2) is 18.2 Å². The van der Waals surface area contributed by atoms with Gasteiger partial charge in [-0.05, 0) is 63.7 Å². The second kappa shape index (κ2) is 9.14. The van der Waals surface area contributed by atoms with Crippen LogP contribution in [0.3, 0.4) is 0 Å². The number of amides is 2. The summed E-state index contributed by atoms with van der Waals surface area (Å²) in [5.74, 6) is 0.220. The molecule has 2 aliphatic rings. The zero-order chi connectivity index (χ0) is 20.1. The van der Waals surface area contributed by atoms with Gasteiger partial charge in [-0.3, -0.25) is 24.6 Å². The molecule has 0 radical (unpaired) electrons. The van der Waals surface area contributed by atoms with E-state index in [0.29, 0.717) is 11.3 Å². The Kier molecular flexibility index (Phi) is 6.61. The summed E-state index contributed by atoms with van der Waals surface area (Å²) in [6.07, 6.45) is 5.00. The molecule has 1 N–H and O–H groups in total. The van der Waals surface area contributed by atoms with Gasteiger partial charge < -0.3 is 10.2 Å². The van der Waals surface area contributed by atoms with E-state index in [2.05, 4.69) is 10.2 Å². The molecule has 152 valence electrons. The molecule has 0 bridgehead atoms. The van der Waals surface area contributed by atoms with Crippen LogP contribution in [0, 0.1) is 23.0 Å². The molecule has 2 amide bonds. The zero-order valence-corrected chi connectivity index (χ0v) is 16.4. The van der Waals surface area contributed by atoms with E-state index in [1.165, 1.54) is 18.6 Å². The van der Waals surface area contributed by atoms with Gasteiger partial charge in [-0.2, -0.15) is 0 Å². The highest BCUT2D eigenvalue weighted by molar-refractivity contribution is 5.93. The molecule has 28 heavy (non-hydrogen) atoms. The minimum atomic E-state index is -0.450. The Bertz CT molecular complexity index is 738. The van der Waals surface area contributed by atoms with Gasteiger partial charge in [0.05, 0.1) is 11.5 Å². The van der Waals surface area contributed by atoms with Crippen molar-refractivity contribution in [3.05, 3.63) is 33.9 Å². The second-order valence-corrected chi connectivity index (χ2v) is 7.74. The Hall–Kier alpha value is -2.48. The first-order valence-corrected chi connectivity index (χ1v) is 10.00. The Morgan fingerprint density at radius 3 is 2.43 bits per heavy atom. The van der Waals surface area contributed by atoms with E-state index in [-0.39, 0.29) is 30.0 Å². The number of nitrogens with one attached hydrogen (secondary N) is 1. The molecule has 1 aromatic rings. The molecule has 0 saturated carbocycles. The fourth-order valence-electron chi connectivity index (χ4n) is 4.01. The van der Waals surface area contributed by atoms with Crippen molar-refractivity contribution in [2.75, 3.05) is 38.0 Å². The maximum Gasteiger partial charge on any atom is 0.269 e. The van der Waals surface area contributed by atoms with Crippen LogP contribution in [0.5, 0.6) is 0 Å². The van der Waals surface area contributed by atoms with Crippen LogP contribution in [0.25, 0.3) is 0 Å². The molecule has 0 unspecified atom stereocenters. The highest BCUT2D eigenvalue weighted by Crippen LogP contribution is 2.23. The first kappa shape index (κ1) is 20.3. The van der Waals surface area contributed by atoms with Crippen LogP contribution in [0.1, 0.15) is 37.7 Å². The molecule has 0 aliphatic carbocycles. The average Bonchev–Trinajstić information content (AvgIpc) is 2.70. The number of rotatable bonds is 5. The number of hydrogen-bond acceptors (Lipinski definition) is 5. The Balaban J connectivity index is 1.46. The Morgan fingerprint density at radius 1 is 1.14 bits per heavy atom. The highest BCUT2D eigenvalue weighted by atomic mass is 16.6. The maximum absolute atomic E-state index is 12.6. The summed E-state index contributed by atoms with van der Waals surface area (Å²) in [6.45, 7) is 5.24. The number of hydrogen-bond donors (Lipinski definition) is 1. The van der Waals surface area contributed by atoms with E-state index in [0.717, 1.165) is 51.9 Å². The van der Waals surface area contributed by atoms with Gasteiger partial charge in [-0.1, -0.05) is 0 Å². The summed E-state index contributed by atoms with van der Waals surface area (Å²) < 4.78 is 0. The molecular formula is C20H28N4O4. The lowest BCUT2D eigenvalue weighted by Crippen LogP contribution is -2.45. The number of benzene rings is 1. The monoisotopic (exact) mass is 388 g/mol. The van der Waals surface area contributed by atoms with Crippen LogP contribution >= 0.6 is 0 Å². The molecule has 0 spiro atoms. The van der Waals surface area contributed by atoms with Crippen molar-refractivity contribution in [1.82, 2.24) is 9.80 Å². The van der Waals surface area contributed by atoms with E-state index in [4.69, 9.17) is 0 Å².